The van der Waals surface area contributed by atoms with Crippen LogP contribution in [-0.2, 0) is 0 Å². The van der Waals surface area contributed by atoms with Crippen molar-refractivity contribution in [2.24, 2.45) is 0 Å². The molecular formula is C15H10N2O2. The van der Waals surface area contributed by atoms with Crippen LogP contribution in [0.5, 0.6) is 0 Å². The van der Waals surface area contributed by atoms with E-state index >= 15 is 0 Å². The monoisotopic (exact) mass is 250 g/mol. The van der Waals surface area contributed by atoms with Crippen LogP contribution in [0.3, 0.4) is 0 Å². The number of carboxylic acids is 1. The van der Waals surface area contributed by atoms with Crippen molar-refractivity contribution in [2.45, 2.75) is 0 Å². The summed E-state index contributed by atoms with van der Waals surface area (Å²) in [6, 6.07) is 13.7. The Kier molecular flexibility index (Phi) is 3.70. The number of aromatic nitrogens is 1. The van der Waals surface area contributed by atoms with Gasteiger partial charge in [-0.05, 0) is 35.9 Å². The van der Waals surface area contributed by atoms with Gasteiger partial charge in [-0.3, -0.25) is 4.98 Å². The van der Waals surface area contributed by atoms with E-state index < -0.39 is 5.97 Å². The number of allylic oxidation sites excluding steroid dienone is 1. The van der Waals surface area contributed by atoms with Gasteiger partial charge in [-0.25, -0.2) is 4.79 Å². The van der Waals surface area contributed by atoms with Crippen LogP contribution >= 0.6 is 0 Å². The number of rotatable bonds is 3. The number of benzene rings is 1. The predicted molar refractivity (Wildman–Crippen MR) is 71.1 cm³/mol. The smallest absolute Gasteiger partial charge is 0.335 e. The molecule has 2 rings (SSSR count). The van der Waals surface area contributed by atoms with E-state index in [2.05, 4.69) is 11.1 Å². The zero-order valence-electron chi connectivity index (χ0n) is 9.95. The van der Waals surface area contributed by atoms with Crippen molar-refractivity contribution in [1.29, 1.82) is 5.26 Å². The molecule has 0 unspecified atom stereocenters. The lowest BCUT2D eigenvalue weighted by atomic mass is 10.1. The minimum absolute atomic E-state index is 0.216. The van der Waals surface area contributed by atoms with Crippen molar-refractivity contribution in [1.82, 2.24) is 4.98 Å². The zero-order chi connectivity index (χ0) is 13.7. The van der Waals surface area contributed by atoms with Crippen LogP contribution in [0.1, 0.15) is 21.6 Å². The van der Waals surface area contributed by atoms with Gasteiger partial charge < -0.3 is 5.11 Å². The first-order valence-electron chi connectivity index (χ1n) is 5.57. The van der Waals surface area contributed by atoms with E-state index in [4.69, 9.17) is 10.4 Å². The Labute approximate surface area is 110 Å². The van der Waals surface area contributed by atoms with Gasteiger partial charge in [-0.2, -0.15) is 5.26 Å². The molecule has 1 N–H and O–H groups in total. The summed E-state index contributed by atoms with van der Waals surface area (Å²) in [7, 11) is 0. The van der Waals surface area contributed by atoms with E-state index in [1.165, 1.54) is 12.1 Å². The van der Waals surface area contributed by atoms with E-state index in [-0.39, 0.29) is 5.56 Å². The standard InChI is InChI=1S/C15H10N2O2/c16-10-13(14-3-1-2-8-17-14)9-11-4-6-12(7-5-11)15(18)19/h1-9H,(H,18,19). The molecule has 0 fully saturated rings. The third-order valence-electron chi connectivity index (χ3n) is 2.53. The molecule has 0 bridgehead atoms. The molecule has 1 aromatic carbocycles. The molecule has 92 valence electrons. The summed E-state index contributed by atoms with van der Waals surface area (Å²) in [4.78, 5) is 14.8. The van der Waals surface area contributed by atoms with Crippen molar-refractivity contribution >= 4 is 17.6 Å². The summed E-state index contributed by atoms with van der Waals surface area (Å²) in [5, 5.41) is 17.9. The van der Waals surface area contributed by atoms with Gasteiger partial charge in [-0.15, -0.1) is 0 Å². The van der Waals surface area contributed by atoms with Crippen molar-refractivity contribution < 1.29 is 9.90 Å². The van der Waals surface area contributed by atoms with E-state index in [1.807, 2.05) is 0 Å². The average Bonchev–Trinajstić information content (AvgIpc) is 2.46. The lowest BCUT2D eigenvalue weighted by Gasteiger charge is -1.99. The molecule has 0 amide bonds. The van der Waals surface area contributed by atoms with E-state index in [9.17, 15) is 4.79 Å². The number of hydrogen-bond donors (Lipinski definition) is 1. The number of pyridine rings is 1. The van der Waals surface area contributed by atoms with Gasteiger partial charge in [0.2, 0.25) is 0 Å². The molecule has 2 aromatic rings. The first-order chi connectivity index (χ1) is 9.20. The number of aromatic carboxylic acids is 1. The van der Waals surface area contributed by atoms with Gasteiger partial charge in [0.15, 0.2) is 0 Å². The summed E-state index contributed by atoms with van der Waals surface area (Å²) >= 11 is 0. The highest BCUT2D eigenvalue weighted by molar-refractivity contribution is 5.90. The van der Waals surface area contributed by atoms with Crippen LogP contribution in [0.4, 0.5) is 0 Å². The maximum Gasteiger partial charge on any atom is 0.335 e. The summed E-state index contributed by atoms with van der Waals surface area (Å²) in [5.74, 6) is -0.972. The van der Waals surface area contributed by atoms with Gasteiger partial charge in [0.1, 0.15) is 6.07 Å². The molecule has 1 aromatic heterocycles. The van der Waals surface area contributed by atoms with Gasteiger partial charge in [-0.1, -0.05) is 18.2 Å². The molecule has 0 aliphatic carbocycles. The van der Waals surface area contributed by atoms with Crippen LogP contribution < -0.4 is 0 Å². The topological polar surface area (TPSA) is 74.0 Å². The van der Waals surface area contributed by atoms with E-state index in [1.54, 1.807) is 42.6 Å². The third kappa shape index (κ3) is 3.05. The maximum absolute atomic E-state index is 10.7. The highest BCUT2D eigenvalue weighted by Gasteiger charge is 2.03. The second-order valence-electron chi connectivity index (χ2n) is 3.81. The SMILES string of the molecule is N#CC(=Cc1ccc(C(=O)O)cc1)c1ccccn1. The van der Waals surface area contributed by atoms with Crippen LogP contribution in [0, 0.1) is 11.3 Å². The average molecular weight is 250 g/mol. The first kappa shape index (κ1) is 12.5. The van der Waals surface area contributed by atoms with Crippen LogP contribution in [0.2, 0.25) is 0 Å². The molecule has 0 atom stereocenters. The molecular weight excluding hydrogens is 240 g/mol. The molecule has 4 nitrogen and oxygen atoms in total. The van der Waals surface area contributed by atoms with Crippen LogP contribution in [0.15, 0.2) is 48.7 Å². The highest BCUT2D eigenvalue weighted by Crippen LogP contribution is 2.15. The van der Waals surface area contributed by atoms with Crippen molar-refractivity contribution in [3.8, 4) is 6.07 Å². The molecule has 1 heterocycles. The zero-order valence-corrected chi connectivity index (χ0v) is 9.95. The summed E-state index contributed by atoms with van der Waals surface area (Å²) in [6.07, 6.45) is 3.29. The third-order valence-corrected chi connectivity index (χ3v) is 2.53. The second-order valence-corrected chi connectivity index (χ2v) is 3.81. The fraction of sp³-hybridized carbons (Fsp3) is 0. The van der Waals surface area contributed by atoms with E-state index in [0.29, 0.717) is 11.3 Å². The Balaban J connectivity index is 2.34. The highest BCUT2D eigenvalue weighted by atomic mass is 16.4. The molecule has 0 spiro atoms. The molecule has 0 aliphatic heterocycles. The van der Waals surface area contributed by atoms with Crippen LogP contribution in [0.25, 0.3) is 11.6 Å². The number of nitriles is 1. The van der Waals surface area contributed by atoms with Crippen molar-refractivity contribution in [3.05, 3.63) is 65.5 Å². The Bertz CT molecular complexity index is 653. The number of nitrogens with zero attached hydrogens (tertiary/aromatic N) is 2. The lowest BCUT2D eigenvalue weighted by molar-refractivity contribution is 0.0697. The molecule has 4 heteroatoms. The molecule has 0 radical (unpaired) electrons. The molecule has 19 heavy (non-hydrogen) atoms. The molecule has 0 saturated heterocycles. The Morgan fingerprint density at radius 2 is 1.95 bits per heavy atom. The van der Waals surface area contributed by atoms with Gasteiger partial charge in [0, 0.05) is 6.20 Å². The fourth-order valence-corrected chi connectivity index (χ4v) is 1.57. The Morgan fingerprint density at radius 3 is 2.47 bits per heavy atom. The summed E-state index contributed by atoms with van der Waals surface area (Å²) in [5.41, 5.74) is 2.00. The minimum atomic E-state index is -0.972. The quantitative estimate of drug-likeness (QED) is 0.850. The number of carbonyl (C=O) groups is 1. The first-order valence-corrected chi connectivity index (χ1v) is 5.57. The summed E-state index contributed by atoms with van der Waals surface area (Å²) in [6.45, 7) is 0. The largest absolute Gasteiger partial charge is 0.478 e. The van der Waals surface area contributed by atoms with Crippen LogP contribution in [-0.4, -0.2) is 16.1 Å². The minimum Gasteiger partial charge on any atom is -0.478 e. The molecule has 0 saturated carbocycles. The van der Waals surface area contributed by atoms with Gasteiger partial charge in [0.05, 0.1) is 16.8 Å². The number of hydrogen-bond acceptors (Lipinski definition) is 3. The second kappa shape index (κ2) is 5.61. The number of carboxylic acid groups (broad SMARTS) is 1. The van der Waals surface area contributed by atoms with Gasteiger partial charge >= 0.3 is 5.97 Å². The maximum atomic E-state index is 10.7. The predicted octanol–water partition coefficient (Wildman–Crippen LogP) is 2.84. The van der Waals surface area contributed by atoms with Crippen molar-refractivity contribution in [2.75, 3.05) is 0 Å². The normalized spacial score (nSPS) is 10.8. The van der Waals surface area contributed by atoms with Crippen molar-refractivity contribution in [3.63, 3.8) is 0 Å². The van der Waals surface area contributed by atoms with Gasteiger partial charge in [0.25, 0.3) is 0 Å². The summed E-state index contributed by atoms with van der Waals surface area (Å²) < 4.78 is 0. The molecule has 0 aliphatic rings. The fourth-order valence-electron chi connectivity index (χ4n) is 1.57. The Morgan fingerprint density at radius 1 is 1.21 bits per heavy atom. The Hall–Kier alpha value is -2.93. The lowest BCUT2D eigenvalue weighted by Crippen LogP contribution is -1.95. The van der Waals surface area contributed by atoms with E-state index in [0.717, 1.165) is 5.56 Å².